The Labute approximate surface area is 168 Å². The zero-order valence-corrected chi connectivity index (χ0v) is 17.9. The topological polar surface area (TPSA) is 76.4 Å². The number of ether oxygens (including phenoxy) is 1. The molecule has 28 heavy (non-hydrogen) atoms. The van der Waals surface area contributed by atoms with Crippen LogP contribution in [0.2, 0.25) is 0 Å². The summed E-state index contributed by atoms with van der Waals surface area (Å²) in [4.78, 5) is 13.2. The van der Waals surface area contributed by atoms with Gasteiger partial charge in [-0.25, -0.2) is 0 Å². The van der Waals surface area contributed by atoms with Crippen LogP contribution in [0.5, 0.6) is 0 Å². The first-order chi connectivity index (χ1) is 13.1. The number of aromatic nitrogens is 2. The van der Waals surface area contributed by atoms with E-state index in [1.165, 1.54) is 0 Å². The lowest BCUT2D eigenvalue weighted by molar-refractivity contribution is -0.136. The highest BCUT2D eigenvalue weighted by Crippen LogP contribution is 2.55. The van der Waals surface area contributed by atoms with Crippen molar-refractivity contribution in [3.8, 4) is 0 Å². The number of amides is 1. The van der Waals surface area contributed by atoms with Crippen LogP contribution < -0.4 is 5.32 Å². The zero-order chi connectivity index (χ0) is 20.3. The third-order valence-electron chi connectivity index (χ3n) is 6.84. The summed E-state index contributed by atoms with van der Waals surface area (Å²) in [6, 6.07) is 0.168. The van der Waals surface area contributed by atoms with Crippen LogP contribution in [0.3, 0.4) is 0 Å². The number of hydrogen-bond donors (Lipinski definition) is 2. The lowest BCUT2D eigenvalue weighted by Crippen LogP contribution is -2.61. The molecule has 0 spiro atoms. The van der Waals surface area contributed by atoms with Crippen molar-refractivity contribution >= 4 is 5.91 Å². The average molecular weight is 390 g/mol. The largest absolute Gasteiger partial charge is 0.390 e. The molecule has 5 atom stereocenters. The predicted molar refractivity (Wildman–Crippen MR) is 107 cm³/mol. The number of hydrogen-bond acceptors (Lipinski definition) is 4. The quantitative estimate of drug-likeness (QED) is 0.811. The maximum Gasteiger partial charge on any atom is 0.255 e. The van der Waals surface area contributed by atoms with Crippen LogP contribution in [0.1, 0.15) is 82.8 Å². The molecule has 4 saturated carbocycles. The second kappa shape index (κ2) is 6.84. The second-order valence-corrected chi connectivity index (χ2v) is 10.6. The van der Waals surface area contributed by atoms with E-state index in [1.54, 1.807) is 6.20 Å². The molecular formula is C22H35N3O3. The smallest absolute Gasteiger partial charge is 0.255 e. The van der Waals surface area contributed by atoms with E-state index in [0.29, 0.717) is 29.9 Å². The van der Waals surface area contributed by atoms with E-state index >= 15 is 0 Å². The molecule has 1 aromatic heterocycles. The molecule has 0 aromatic carbocycles. The highest BCUT2D eigenvalue weighted by atomic mass is 16.5. The summed E-state index contributed by atoms with van der Waals surface area (Å²) in [6.07, 6.45) is 6.65. The number of carbonyl (C=O) groups is 1. The van der Waals surface area contributed by atoms with E-state index in [1.807, 2.05) is 18.5 Å². The van der Waals surface area contributed by atoms with Crippen molar-refractivity contribution in [3.05, 3.63) is 17.5 Å². The van der Waals surface area contributed by atoms with E-state index in [-0.39, 0.29) is 23.6 Å². The molecule has 156 valence electrons. The maximum atomic E-state index is 13.2. The van der Waals surface area contributed by atoms with Crippen molar-refractivity contribution in [1.29, 1.82) is 0 Å². The molecule has 4 bridgehead atoms. The van der Waals surface area contributed by atoms with Gasteiger partial charge in [0.25, 0.3) is 5.91 Å². The van der Waals surface area contributed by atoms with Gasteiger partial charge in [0.2, 0.25) is 0 Å². The van der Waals surface area contributed by atoms with Crippen molar-refractivity contribution in [2.75, 3.05) is 0 Å². The van der Waals surface area contributed by atoms with E-state index in [2.05, 4.69) is 31.2 Å². The molecule has 2 N–H and O–H groups in total. The molecule has 6 heteroatoms. The summed E-state index contributed by atoms with van der Waals surface area (Å²) >= 11 is 0. The monoisotopic (exact) mass is 389 g/mol. The summed E-state index contributed by atoms with van der Waals surface area (Å²) in [5, 5.41) is 18.6. The molecule has 6 nitrogen and oxygen atoms in total. The van der Waals surface area contributed by atoms with Crippen LogP contribution in [-0.4, -0.2) is 38.5 Å². The Hall–Kier alpha value is -1.40. The first-order valence-corrected chi connectivity index (χ1v) is 10.8. The Morgan fingerprint density at radius 2 is 1.96 bits per heavy atom. The van der Waals surface area contributed by atoms with Gasteiger partial charge in [-0.1, -0.05) is 0 Å². The van der Waals surface area contributed by atoms with Gasteiger partial charge in [-0.05, 0) is 84.5 Å². The first kappa shape index (κ1) is 19.9. The Bertz CT molecular complexity index is 733. The number of nitrogens with zero attached hydrogens (tertiary/aromatic N) is 2. The van der Waals surface area contributed by atoms with Crippen LogP contribution in [0.25, 0.3) is 0 Å². The molecule has 4 aliphatic carbocycles. The van der Waals surface area contributed by atoms with Crippen LogP contribution >= 0.6 is 0 Å². The Morgan fingerprint density at radius 1 is 1.32 bits per heavy atom. The molecule has 0 saturated heterocycles. The Kier molecular flexibility index (Phi) is 4.86. The minimum atomic E-state index is -0.481. The van der Waals surface area contributed by atoms with Crippen molar-refractivity contribution in [1.82, 2.24) is 15.1 Å². The highest BCUT2D eigenvalue weighted by Gasteiger charge is 2.55. The fraction of sp³-hybridized carbons (Fsp3) is 0.818. The standard InChI is InChI=1S/C22H35N3O3/c1-13(2)28-12-18-17(11-23-25(18)21(3,4)5)20(26)24-19-15-6-14-7-16(19)10-22(27,8-14)9-15/h11,13-16,19,27H,6-10,12H2,1-5H3,(H,24,26)/t14?,15-,16+,19?,22?. The van der Waals surface area contributed by atoms with Gasteiger partial charge >= 0.3 is 0 Å². The van der Waals surface area contributed by atoms with E-state index in [9.17, 15) is 9.90 Å². The normalized spacial score (nSPS) is 34.2. The molecule has 1 aromatic rings. The summed E-state index contributed by atoms with van der Waals surface area (Å²) in [5.74, 6) is 1.37. The third kappa shape index (κ3) is 3.61. The SMILES string of the molecule is CC(C)OCc1c(C(=O)NC2[C@@H]3CC4C[C@H]2CC(O)(C4)C3)cnn1C(C)(C)C. The summed E-state index contributed by atoms with van der Waals surface area (Å²) < 4.78 is 7.74. The maximum absolute atomic E-state index is 13.2. The molecule has 0 radical (unpaired) electrons. The molecule has 0 aliphatic heterocycles. The van der Waals surface area contributed by atoms with E-state index in [0.717, 1.165) is 37.8 Å². The van der Waals surface area contributed by atoms with Gasteiger partial charge in [0.15, 0.2) is 0 Å². The van der Waals surface area contributed by atoms with Gasteiger partial charge < -0.3 is 15.2 Å². The molecular weight excluding hydrogens is 354 g/mol. The number of aliphatic hydroxyl groups is 1. The lowest BCUT2D eigenvalue weighted by atomic mass is 9.52. The molecule has 4 aliphatic rings. The van der Waals surface area contributed by atoms with Crippen molar-refractivity contribution < 1.29 is 14.6 Å². The fourth-order valence-corrected chi connectivity index (χ4v) is 5.97. The predicted octanol–water partition coefficient (Wildman–Crippen LogP) is 3.23. The van der Waals surface area contributed by atoms with E-state index < -0.39 is 5.60 Å². The van der Waals surface area contributed by atoms with Crippen LogP contribution in [0.15, 0.2) is 6.20 Å². The number of rotatable bonds is 5. The highest BCUT2D eigenvalue weighted by molar-refractivity contribution is 5.95. The third-order valence-corrected chi connectivity index (χ3v) is 6.84. The minimum absolute atomic E-state index is 0.0534. The molecule has 1 amide bonds. The minimum Gasteiger partial charge on any atom is -0.390 e. The Balaban J connectivity index is 1.54. The Morgan fingerprint density at radius 3 is 2.50 bits per heavy atom. The van der Waals surface area contributed by atoms with Crippen molar-refractivity contribution in [2.24, 2.45) is 17.8 Å². The molecule has 4 fully saturated rings. The van der Waals surface area contributed by atoms with Gasteiger partial charge in [-0.3, -0.25) is 9.48 Å². The summed E-state index contributed by atoms with van der Waals surface area (Å²) in [5.41, 5.74) is 0.745. The first-order valence-electron chi connectivity index (χ1n) is 10.8. The number of nitrogens with one attached hydrogen (secondary N) is 1. The summed E-state index contributed by atoms with van der Waals surface area (Å²) in [7, 11) is 0. The number of carbonyl (C=O) groups excluding carboxylic acids is 1. The van der Waals surface area contributed by atoms with Gasteiger partial charge in [0.1, 0.15) is 0 Å². The van der Waals surface area contributed by atoms with Crippen molar-refractivity contribution in [2.45, 2.75) is 96.6 Å². The van der Waals surface area contributed by atoms with Gasteiger partial charge in [0.05, 0.1) is 41.3 Å². The van der Waals surface area contributed by atoms with E-state index in [4.69, 9.17) is 4.74 Å². The average Bonchev–Trinajstić information content (AvgIpc) is 2.99. The van der Waals surface area contributed by atoms with Gasteiger partial charge in [-0.2, -0.15) is 5.10 Å². The van der Waals surface area contributed by atoms with Crippen molar-refractivity contribution in [3.63, 3.8) is 0 Å². The molecule has 3 unspecified atom stereocenters. The lowest BCUT2D eigenvalue weighted by Gasteiger charge is -2.58. The molecule has 1 heterocycles. The zero-order valence-electron chi connectivity index (χ0n) is 17.9. The molecule has 5 rings (SSSR count). The van der Waals surface area contributed by atoms with Crippen LogP contribution in [0, 0.1) is 17.8 Å². The van der Waals surface area contributed by atoms with Crippen LogP contribution in [0.4, 0.5) is 0 Å². The second-order valence-electron chi connectivity index (χ2n) is 10.6. The fourth-order valence-electron chi connectivity index (χ4n) is 5.97. The van der Waals surface area contributed by atoms with Crippen LogP contribution in [-0.2, 0) is 16.9 Å². The van der Waals surface area contributed by atoms with Gasteiger partial charge in [-0.15, -0.1) is 0 Å². The van der Waals surface area contributed by atoms with Gasteiger partial charge in [0, 0.05) is 6.04 Å². The summed E-state index contributed by atoms with van der Waals surface area (Å²) in [6.45, 7) is 10.6.